The Morgan fingerprint density at radius 2 is 2.29 bits per heavy atom. The number of halogens is 1. The fourth-order valence-electron chi connectivity index (χ4n) is 1.38. The Morgan fingerprint density at radius 1 is 1.50 bits per heavy atom. The fraction of sp³-hybridized carbons (Fsp3) is 0.455. The van der Waals surface area contributed by atoms with Crippen molar-refractivity contribution >= 4 is 11.8 Å². The first-order valence-corrected chi connectivity index (χ1v) is 6.02. The number of aliphatic hydroxyl groups excluding tert-OH is 1. The summed E-state index contributed by atoms with van der Waals surface area (Å²) in [6.07, 6.45) is 2.92. The first-order valence-electron chi connectivity index (χ1n) is 4.63. The molecule has 0 aromatic heterocycles. The largest absolute Gasteiger partial charge is 0.396 e. The van der Waals surface area contributed by atoms with Gasteiger partial charge in [-0.05, 0) is 36.1 Å². The van der Waals surface area contributed by atoms with Crippen LogP contribution in [0.1, 0.15) is 17.9 Å². The van der Waals surface area contributed by atoms with Gasteiger partial charge in [0.25, 0.3) is 0 Å². The third-order valence-corrected chi connectivity index (χ3v) is 2.85. The van der Waals surface area contributed by atoms with Crippen LogP contribution in [0.5, 0.6) is 0 Å². The molecule has 1 aromatic carbocycles. The second-order valence-electron chi connectivity index (χ2n) is 3.22. The average molecular weight is 214 g/mol. The lowest BCUT2D eigenvalue weighted by Crippen LogP contribution is -2.05. The van der Waals surface area contributed by atoms with Gasteiger partial charge in [-0.15, -0.1) is 0 Å². The van der Waals surface area contributed by atoms with E-state index in [2.05, 4.69) is 0 Å². The molecule has 1 nitrogen and oxygen atoms in total. The van der Waals surface area contributed by atoms with Crippen LogP contribution < -0.4 is 0 Å². The summed E-state index contributed by atoms with van der Waals surface area (Å²) in [7, 11) is 0. The summed E-state index contributed by atoms with van der Waals surface area (Å²) in [5.74, 6) is 0.824. The van der Waals surface area contributed by atoms with Crippen molar-refractivity contribution < 1.29 is 9.50 Å². The summed E-state index contributed by atoms with van der Waals surface area (Å²) in [6.45, 7) is 0.0873. The topological polar surface area (TPSA) is 20.2 Å². The lowest BCUT2D eigenvalue weighted by atomic mass is 9.97. The van der Waals surface area contributed by atoms with E-state index in [0.717, 1.165) is 17.7 Å². The quantitative estimate of drug-likeness (QED) is 0.813. The number of thioether (sulfide) groups is 1. The normalized spacial score (nSPS) is 12.8. The predicted molar refractivity (Wildman–Crippen MR) is 59.2 cm³/mol. The van der Waals surface area contributed by atoms with Crippen molar-refractivity contribution in [3.63, 3.8) is 0 Å². The zero-order valence-corrected chi connectivity index (χ0v) is 9.06. The highest BCUT2D eigenvalue weighted by Crippen LogP contribution is 2.21. The van der Waals surface area contributed by atoms with Crippen LogP contribution in [-0.2, 0) is 0 Å². The molecular weight excluding hydrogens is 199 g/mol. The molecule has 0 spiro atoms. The number of rotatable bonds is 5. The van der Waals surface area contributed by atoms with Crippen LogP contribution in [-0.4, -0.2) is 23.7 Å². The van der Waals surface area contributed by atoms with Crippen molar-refractivity contribution in [2.45, 2.75) is 12.3 Å². The van der Waals surface area contributed by atoms with Crippen molar-refractivity contribution in [2.24, 2.45) is 0 Å². The van der Waals surface area contributed by atoms with E-state index >= 15 is 0 Å². The summed E-state index contributed by atoms with van der Waals surface area (Å²) in [5.41, 5.74) is 0.890. The van der Waals surface area contributed by atoms with Crippen molar-refractivity contribution in [2.75, 3.05) is 18.6 Å². The number of hydrogen-bond donors (Lipinski definition) is 1. The minimum atomic E-state index is -0.231. The highest BCUT2D eigenvalue weighted by molar-refractivity contribution is 7.98. The number of aliphatic hydroxyl groups is 1. The monoisotopic (exact) mass is 214 g/mol. The molecule has 0 aliphatic heterocycles. The van der Waals surface area contributed by atoms with Crippen LogP contribution >= 0.6 is 11.8 Å². The van der Waals surface area contributed by atoms with Gasteiger partial charge >= 0.3 is 0 Å². The Hall–Kier alpha value is -0.540. The van der Waals surface area contributed by atoms with Gasteiger partial charge in [-0.1, -0.05) is 12.1 Å². The zero-order chi connectivity index (χ0) is 10.4. The van der Waals surface area contributed by atoms with E-state index in [4.69, 9.17) is 5.11 Å². The van der Waals surface area contributed by atoms with Gasteiger partial charge in [0, 0.05) is 12.5 Å². The minimum Gasteiger partial charge on any atom is -0.396 e. The van der Waals surface area contributed by atoms with E-state index in [0.29, 0.717) is 0 Å². The smallest absolute Gasteiger partial charge is 0.123 e. The van der Waals surface area contributed by atoms with E-state index in [1.165, 1.54) is 12.1 Å². The Kier molecular flexibility index (Phi) is 4.98. The van der Waals surface area contributed by atoms with Crippen molar-refractivity contribution in [1.29, 1.82) is 0 Å². The summed E-state index contributed by atoms with van der Waals surface area (Å²) in [6, 6.07) is 6.48. The molecule has 0 fully saturated rings. The second-order valence-corrected chi connectivity index (χ2v) is 4.20. The molecule has 1 aromatic rings. The fourth-order valence-corrected chi connectivity index (χ4v) is 1.90. The van der Waals surface area contributed by atoms with Crippen LogP contribution in [0.3, 0.4) is 0 Å². The molecule has 0 radical (unpaired) electrons. The van der Waals surface area contributed by atoms with Crippen molar-refractivity contribution in [1.82, 2.24) is 0 Å². The first kappa shape index (κ1) is 11.5. The number of hydrogen-bond acceptors (Lipinski definition) is 2. The zero-order valence-electron chi connectivity index (χ0n) is 8.24. The van der Waals surface area contributed by atoms with Crippen LogP contribution in [0.15, 0.2) is 24.3 Å². The molecule has 0 saturated carbocycles. The van der Waals surface area contributed by atoms with Gasteiger partial charge in [0.2, 0.25) is 0 Å². The maximum atomic E-state index is 12.9. The Balaban J connectivity index is 2.68. The third kappa shape index (κ3) is 3.31. The summed E-state index contributed by atoms with van der Waals surface area (Å²) in [5, 5.41) is 9.17. The molecule has 3 heteroatoms. The van der Waals surface area contributed by atoms with Crippen LogP contribution in [0.4, 0.5) is 4.39 Å². The first-order chi connectivity index (χ1) is 6.77. The standard InChI is InChI=1S/C11H15FOS/c1-14-6-5-10(8-13)9-3-2-4-11(12)7-9/h2-4,7,10,13H,5-6,8H2,1H3. The maximum Gasteiger partial charge on any atom is 0.123 e. The maximum absolute atomic E-state index is 12.9. The van der Waals surface area contributed by atoms with E-state index in [-0.39, 0.29) is 18.3 Å². The second kappa shape index (κ2) is 6.04. The average Bonchev–Trinajstić information content (AvgIpc) is 2.19. The molecule has 14 heavy (non-hydrogen) atoms. The molecule has 0 saturated heterocycles. The highest BCUT2D eigenvalue weighted by Gasteiger charge is 2.10. The SMILES string of the molecule is CSCCC(CO)c1cccc(F)c1. The van der Waals surface area contributed by atoms with Crippen molar-refractivity contribution in [3.8, 4) is 0 Å². The predicted octanol–water partition coefficient (Wildman–Crippen LogP) is 2.65. The lowest BCUT2D eigenvalue weighted by Gasteiger charge is -2.13. The third-order valence-electron chi connectivity index (χ3n) is 2.21. The van der Waals surface area contributed by atoms with E-state index in [9.17, 15) is 4.39 Å². The molecule has 0 heterocycles. The molecule has 1 unspecified atom stereocenters. The Bertz CT molecular complexity index is 278. The van der Waals surface area contributed by atoms with E-state index < -0.39 is 0 Å². The van der Waals surface area contributed by atoms with E-state index in [1.54, 1.807) is 17.8 Å². The van der Waals surface area contributed by atoms with Gasteiger partial charge in [-0.2, -0.15) is 11.8 Å². The Labute approximate surface area is 88.3 Å². The van der Waals surface area contributed by atoms with Gasteiger partial charge in [-0.25, -0.2) is 4.39 Å². The number of benzene rings is 1. The molecule has 1 atom stereocenters. The molecule has 0 aliphatic rings. The van der Waals surface area contributed by atoms with Crippen LogP contribution in [0.2, 0.25) is 0 Å². The molecule has 1 rings (SSSR count). The molecule has 0 aliphatic carbocycles. The van der Waals surface area contributed by atoms with Gasteiger partial charge < -0.3 is 5.11 Å². The molecule has 0 amide bonds. The van der Waals surface area contributed by atoms with Gasteiger partial charge in [0.15, 0.2) is 0 Å². The summed E-state index contributed by atoms with van der Waals surface area (Å²) >= 11 is 1.74. The summed E-state index contributed by atoms with van der Waals surface area (Å²) < 4.78 is 12.9. The minimum absolute atomic E-state index is 0.0677. The van der Waals surface area contributed by atoms with E-state index in [1.807, 2.05) is 12.3 Å². The van der Waals surface area contributed by atoms with Crippen LogP contribution in [0, 0.1) is 5.82 Å². The molecule has 1 N–H and O–H groups in total. The van der Waals surface area contributed by atoms with Gasteiger partial charge in [0.05, 0.1) is 0 Å². The summed E-state index contributed by atoms with van der Waals surface area (Å²) in [4.78, 5) is 0. The van der Waals surface area contributed by atoms with Crippen molar-refractivity contribution in [3.05, 3.63) is 35.6 Å². The Morgan fingerprint density at radius 3 is 2.86 bits per heavy atom. The van der Waals surface area contributed by atoms with Crippen LogP contribution in [0.25, 0.3) is 0 Å². The molecular formula is C11H15FOS. The molecule has 0 bridgehead atoms. The molecule has 78 valence electrons. The lowest BCUT2D eigenvalue weighted by molar-refractivity contribution is 0.263. The van der Waals surface area contributed by atoms with Gasteiger partial charge in [0.1, 0.15) is 5.82 Å². The van der Waals surface area contributed by atoms with Gasteiger partial charge in [-0.3, -0.25) is 0 Å². The highest BCUT2D eigenvalue weighted by atomic mass is 32.2.